The summed E-state index contributed by atoms with van der Waals surface area (Å²) in [5.41, 5.74) is 5.51. The normalized spacial score (nSPS) is 45.1. The lowest BCUT2D eigenvalue weighted by Gasteiger charge is -2.32. The molecule has 6 atom stereocenters. The molecule has 0 aliphatic carbocycles. The number of carbonyl (C=O) groups is 1. The molecule has 3 heterocycles. The lowest BCUT2D eigenvalue weighted by atomic mass is 10.1. The van der Waals surface area contributed by atoms with Crippen LogP contribution in [-0.4, -0.2) is 70.1 Å². The van der Waals surface area contributed by atoms with Crippen molar-refractivity contribution in [1.29, 1.82) is 0 Å². The topological polar surface area (TPSA) is 133 Å². The van der Waals surface area contributed by atoms with E-state index in [9.17, 15) is 15.0 Å². The largest absolute Gasteiger partial charge is 0.388 e. The van der Waals surface area contributed by atoms with E-state index in [1.165, 1.54) is 11.2 Å². The second kappa shape index (κ2) is 4.15. The number of aliphatic hydroxyl groups excluding tert-OH is 2. The van der Waals surface area contributed by atoms with Crippen molar-refractivity contribution in [2.24, 2.45) is 15.7 Å². The van der Waals surface area contributed by atoms with E-state index in [1.54, 1.807) is 6.92 Å². The Bertz CT molecular complexity index is 467. The Morgan fingerprint density at radius 1 is 1.47 bits per heavy atom. The van der Waals surface area contributed by atoms with Crippen LogP contribution >= 0.6 is 0 Å². The third kappa shape index (κ3) is 1.78. The Kier molecular flexibility index (Phi) is 2.69. The Hall–Kier alpha value is -1.71. The number of rotatable bonds is 1. The predicted octanol–water partition coefficient (Wildman–Crippen LogP) is -3.06. The highest BCUT2D eigenvalue weighted by Crippen LogP contribution is 2.29. The summed E-state index contributed by atoms with van der Waals surface area (Å²) < 4.78 is 5.48. The number of carbonyl (C=O) groups excluding carboxylic acids is 1. The number of hydrogen-bond donors (Lipinski definition) is 4. The third-order valence-electron chi connectivity index (χ3n) is 3.51. The molecule has 9 heteroatoms. The van der Waals surface area contributed by atoms with Crippen LogP contribution in [0.3, 0.4) is 0 Å². The molecule has 1 amide bonds. The Morgan fingerprint density at radius 3 is 2.84 bits per heavy atom. The second-order valence-electron chi connectivity index (χ2n) is 4.79. The summed E-state index contributed by atoms with van der Waals surface area (Å²) in [4.78, 5) is 21.3. The minimum absolute atomic E-state index is 0.00262. The molecule has 3 rings (SSSR count). The number of hydrogen-bond acceptors (Lipinski definition) is 8. The molecule has 0 saturated carbocycles. The van der Waals surface area contributed by atoms with E-state index >= 15 is 0 Å². The van der Waals surface area contributed by atoms with Gasteiger partial charge in [-0.15, -0.1) is 0 Å². The molecule has 9 nitrogen and oxygen atoms in total. The van der Waals surface area contributed by atoms with E-state index in [-0.39, 0.29) is 11.9 Å². The predicted molar refractivity (Wildman–Crippen MR) is 64.0 cm³/mol. The fourth-order valence-electron chi connectivity index (χ4n) is 2.46. The fraction of sp³-hybridized carbons (Fsp3) is 0.700. The van der Waals surface area contributed by atoms with Gasteiger partial charge in [-0.05, 0) is 6.92 Å². The van der Waals surface area contributed by atoms with Crippen molar-refractivity contribution in [1.82, 2.24) is 10.2 Å². The molecule has 104 valence electrons. The van der Waals surface area contributed by atoms with Crippen LogP contribution in [0.1, 0.15) is 6.92 Å². The molecule has 3 aliphatic heterocycles. The first-order valence-electron chi connectivity index (χ1n) is 5.95. The first kappa shape index (κ1) is 12.3. The lowest BCUT2D eigenvalue weighted by molar-refractivity contribution is -0.123. The van der Waals surface area contributed by atoms with Crippen LogP contribution in [0.2, 0.25) is 0 Å². The average Bonchev–Trinajstić information content (AvgIpc) is 2.86. The van der Waals surface area contributed by atoms with Crippen molar-refractivity contribution in [2.45, 2.75) is 43.7 Å². The van der Waals surface area contributed by atoms with Crippen LogP contribution in [0.15, 0.2) is 9.98 Å². The average molecular weight is 269 g/mol. The van der Waals surface area contributed by atoms with Gasteiger partial charge in [0.1, 0.15) is 12.2 Å². The number of aliphatic imine (C=N–C) groups is 2. The highest BCUT2D eigenvalue weighted by atomic mass is 16.6. The van der Waals surface area contributed by atoms with Crippen LogP contribution < -0.4 is 11.1 Å². The SMILES string of the molecule is C[C@H]1O[C@@H](N2C=NC3C(=O)NC(N)=NC32)[C@H](O)[C@@H]1O. The third-order valence-corrected chi connectivity index (χ3v) is 3.51. The lowest BCUT2D eigenvalue weighted by Crippen LogP contribution is -2.56. The van der Waals surface area contributed by atoms with Crippen molar-refractivity contribution < 1.29 is 19.7 Å². The van der Waals surface area contributed by atoms with Gasteiger partial charge >= 0.3 is 0 Å². The first-order chi connectivity index (χ1) is 8.99. The number of amides is 1. The molecule has 0 radical (unpaired) electrons. The van der Waals surface area contributed by atoms with Gasteiger partial charge in [-0.25, -0.2) is 4.99 Å². The smallest absolute Gasteiger partial charge is 0.255 e. The molecule has 0 aromatic heterocycles. The number of ether oxygens (including phenoxy) is 1. The maximum atomic E-state index is 11.7. The minimum Gasteiger partial charge on any atom is -0.388 e. The van der Waals surface area contributed by atoms with E-state index < -0.39 is 36.7 Å². The van der Waals surface area contributed by atoms with Crippen LogP contribution in [0, 0.1) is 0 Å². The van der Waals surface area contributed by atoms with Gasteiger partial charge in [0.2, 0.25) is 0 Å². The molecule has 3 aliphatic rings. The standard InChI is InChI=1S/C10H15N5O4/c1-3-5(16)6(17)9(19-3)15-2-12-4-7(15)13-10(11)14-8(4)18/h2-7,9,16-17H,1H3,(H3,11,13,14,18)/t3-,4?,5-,6-,7?,9-/m1/s1. The van der Waals surface area contributed by atoms with Crippen LogP contribution in [0.4, 0.5) is 0 Å². The summed E-state index contributed by atoms with van der Waals surface area (Å²) in [5, 5.41) is 22.0. The highest BCUT2D eigenvalue weighted by Gasteiger charge is 2.49. The zero-order valence-electron chi connectivity index (χ0n) is 10.2. The maximum Gasteiger partial charge on any atom is 0.255 e. The zero-order chi connectivity index (χ0) is 13.7. The quantitative estimate of drug-likeness (QED) is 0.399. The number of nitrogens with zero attached hydrogens (tertiary/aromatic N) is 3. The van der Waals surface area contributed by atoms with E-state index in [0.717, 1.165) is 0 Å². The Labute approximate surface area is 108 Å². The fourth-order valence-corrected chi connectivity index (χ4v) is 2.46. The van der Waals surface area contributed by atoms with Crippen LogP contribution in [-0.2, 0) is 9.53 Å². The van der Waals surface area contributed by atoms with E-state index in [0.29, 0.717) is 0 Å². The molecular weight excluding hydrogens is 254 g/mol. The minimum atomic E-state index is -1.10. The number of aliphatic hydroxyl groups is 2. The summed E-state index contributed by atoms with van der Waals surface area (Å²) in [6.07, 6.45) is -2.64. The Morgan fingerprint density at radius 2 is 2.21 bits per heavy atom. The highest BCUT2D eigenvalue weighted by molar-refractivity contribution is 6.02. The van der Waals surface area contributed by atoms with Gasteiger partial charge in [-0.2, -0.15) is 0 Å². The van der Waals surface area contributed by atoms with Crippen molar-refractivity contribution >= 4 is 18.2 Å². The van der Waals surface area contributed by atoms with Gasteiger partial charge in [0.15, 0.2) is 24.4 Å². The van der Waals surface area contributed by atoms with Crippen molar-refractivity contribution in [3.05, 3.63) is 0 Å². The summed E-state index contributed by atoms with van der Waals surface area (Å²) in [6.45, 7) is 1.66. The zero-order valence-corrected chi connectivity index (χ0v) is 10.2. The molecule has 0 aromatic carbocycles. The first-order valence-corrected chi connectivity index (χ1v) is 5.95. The van der Waals surface area contributed by atoms with Crippen LogP contribution in [0.25, 0.3) is 0 Å². The summed E-state index contributed by atoms with van der Waals surface area (Å²) in [5.74, 6) is -0.347. The molecule has 0 bridgehead atoms. The molecule has 0 spiro atoms. The molecule has 0 aromatic rings. The summed E-state index contributed by atoms with van der Waals surface area (Å²) >= 11 is 0. The monoisotopic (exact) mass is 269 g/mol. The summed E-state index contributed by atoms with van der Waals surface area (Å²) in [7, 11) is 0. The molecule has 2 unspecified atom stereocenters. The van der Waals surface area contributed by atoms with Gasteiger partial charge < -0.3 is 25.6 Å². The maximum absolute atomic E-state index is 11.7. The molecule has 1 fully saturated rings. The molecule has 19 heavy (non-hydrogen) atoms. The van der Waals surface area contributed by atoms with Gasteiger partial charge in [0.05, 0.1) is 12.4 Å². The number of fused-ring (bicyclic) bond motifs is 1. The van der Waals surface area contributed by atoms with Gasteiger partial charge in [0, 0.05) is 0 Å². The summed E-state index contributed by atoms with van der Waals surface area (Å²) in [6, 6.07) is -0.712. The van der Waals surface area contributed by atoms with Crippen molar-refractivity contribution in [2.75, 3.05) is 0 Å². The number of guanidine groups is 1. The van der Waals surface area contributed by atoms with Crippen molar-refractivity contribution in [3.8, 4) is 0 Å². The van der Waals surface area contributed by atoms with Gasteiger partial charge in [-0.3, -0.25) is 15.1 Å². The molecule has 1 saturated heterocycles. The van der Waals surface area contributed by atoms with Crippen LogP contribution in [0.5, 0.6) is 0 Å². The number of nitrogens with one attached hydrogen (secondary N) is 1. The Balaban J connectivity index is 1.85. The van der Waals surface area contributed by atoms with Gasteiger partial charge in [0.25, 0.3) is 5.91 Å². The van der Waals surface area contributed by atoms with E-state index in [2.05, 4.69) is 15.3 Å². The number of nitrogens with two attached hydrogens (primary N) is 1. The van der Waals surface area contributed by atoms with E-state index in [1.807, 2.05) is 0 Å². The van der Waals surface area contributed by atoms with Crippen molar-refractivity contribution in [3.63, 3.8) is 0 Å². The molecular formula is C10H15N5O4. The molecule has 5 N–H and O–H groups in total. The second-order valence-corrected chi connectivity index (χ2v) is 4.79. The van der Waals surface area contributed by atoms with E-state index in [4.69, 9.17) is 10.5 Å². The van der Waals surface area contributed by atoms with Gasteiger partial charge in [-0.1, -0.05) is 0 Å².